The second-order valence-corrected chi connectivity index (χ2v) is 6.70. The maximum Gasteiger partial charge on any atom is 0.320 e. The predicted molar refractivity (Wildman–Crippen MR) is 89.4 cm³/mol. The van der Waals surface area contributed by atoms with Crippen molar-refractivity contribution in [1.29, 1.82) is 0 Å². The van der Waals surface area contributed by atoms with Crippen LogP contribution < -0.4 is 10.5 Å². The van der Waals surface area contributed by atoms with Crippen LogP contribution in [0.15, 0.2) is 22.7 Å². The molecular weight excluding hydrogens is 407 g/mol. The Kier molecular flexibility index (Phi) is 8.17. The first-order chi connectivity index (χ1) is 11.6. The molecule has 0 bridgehead atoms. The van der Waals surface area contributed by atoms with E-state index in [1.165, 1.54) is 32.2 Å². The van der Waals surface area contributed by atoms with Gasteiger partial charge in [-0.25, -0.2) is 13.2 Å². The standard InChI is InChI=1S/C16H21BrF3NO4/c1-9(5-12(21)14(22)23)7-16(20,15(18)19)10-3-4-11(17)13(6-10)25-8-24-2/h3-4,6,9,12,15H,5,7-8,21H2,1-2H3,(H,22,23)/t9?,12-,16?/m0/s1. The summed E-state index contributed by atoms with van der Waals surface area (Å²) in [7, 11) is 1.39. The maximum atomic E-state index is 15.1. The zero-order valence-electron chi connectivity index (χ0n) is 13.8. The van der Waals surface area contributed by atoms with Crippen LogP contribution in [0.1, 0.15) is 25.3 Å². The lowest BCUT2D eigenvalue weighted by atomic mass is 9.84. The number of hydrogen-bond acceptors (Lipinski definition) is 4. The summed E-state index contributed by atoms with van der Waals surface area (Å²) in [6, 6.07) is 2.59. The van der Waals surface area contributed by atoms with Gasteiger partial charge in [0.1, 0.15) is 11.8 Å². The number of hydrogen-bond donors (Lipinski definition) is 2. The van der Waals surface area contributed by atoms with Crippen LogP contribution in [0.5, 0.6) is 5.75 Å². The van der Waals surface area contributed by atoms with E-state index in [1.54, 1.807) is 0 Å². The molecule has 0 heterocycles. The van der Waals surface area contributed by atoms with Crippen molar-refractivity contribution >= 4 is 21.9 Å². The van der Waals surface area contributed by atoms with E-state index < -0.39 is 36.4 Å². The highest BCUT2D eigenvalue weighted by molar-refractivity contribution is 9.10. The lowest BCUT2D eigenvalue weighted by Gasteiger charge is -2.29. The number of rotatable bonds is 10. The molecule has 5 nitrogen and oxygen atoms in total. The first kappa shape index (κ1) is 21.7. The van der Waals surface area contributed by atoms with Crippen molar-refractivity contribution in [2.24, 2.45) is 11.7 Å². The predicted octanol–water partition coefficient (Wildman–Crippen LogP) is 3.69. The average Bonchev–Trinajstić information content (AvgIpc) is 2.53. The molecule has 0 fully saturated rings. The molecule has 0 saturated carbocycles. The van der Waals surface area contributed by atoms with Gasteiger partial charge in [0.05, 0.1) is 4.47 Å². The number of carbonyl (C=O) groups is 1. The minimum absolute atomic E-state index is 0.114. The van der Waals surface area contributed by atoms with E-state index >= 15 is 4.39 Å². The average molecular weight is 428 g/mol. The van der Waals surface area contributed by atoms with E-state index in [2.05, 4.69) is 15.9 Å². The Morgan fingerprint density at radius 1 is 1.44 bits per heavy atom. The number of carboxylic acids is 1. The van der Waals surface area contributed by atoms with Crippen molar-refractivity contribution in [3.63, 3.8) is 0 Å². The molecule has 0 aliphatic rings. The van der Waals surface area contributed by atoms with Gasteiger partial charge in [-0.2, -0.15) is 0 Å². The van der Waals surface area contributed by atoms with E-state index in [4.69, 9.17) is 20.3 Å². The van der Waals surface area contributed by atoms with Crippen LogP contribution in [0.3, 0.4) is 0 Å². The molecule has 0 aromatic heterocycles. The van der Waals surface area contributed by atoms with Gasteiger partial charge >= 0.3 is 5.97 Å². The van der Waals surface area contributed by atoms with E-state index in [0.29, 0.717) is 4.47 Å². The summed E-state index contributed by atoms with van der Waals surface area (Å²) in [5, 5.41) is 8.80. The molecule has 3 N–H and O–H groups in total. The van der Waals surface area contributed by atoms with Gasteiger partial charge in [0.25, 0.3) is 6.43 Å². The van der Waals surface area contributed by atoms with Gasteiger partial charge in [-0.3, -0.25) is 4.79 Å². The summed E-state index contributed by atoms with van der Waals surface area (Å²) in [6.45, 7) is 1.36. The quantitative estimate of drug-likeness (QED) is 0.556. The number of carboxylic acid groups (broad SMARTS) is 1. The van der Waals surface area contributed by atoms with E-state index in [1.807, 2.05) is 0 Å². The Bertz CT molecular complexity index is 590. The summed E-state index contributed by atoms with van der Waals surface area (Å²) < 4.78 is 52.6. The summed E-state index contributed by atoms with van der Waals surface area (Å²) in [4.78, 5) is 10.8. The molecule has 1 aromatic rings. The zero-order valence-corrected chi connectivity index (χ0v) is 15.4. The number of nitrogens with two attached hydrogens (primary N) is 1. The number of methoxy groups -OCH3 is 1. The Morgan fingerprint density at radius 2 is 2.08 bits per heavy atom. The van der Waals surface area contributed by atoms with E-state index in [-0.39, 0.29) is 24.5 Å². The van der Waals surface area contributed by atoms with Crippen LogP contribution in [-0.4, -0.2) is 37.4 Å². The number of aliphatic carboxylic acids is 1. The highest BCUT2D eigenvalue weighted by atomic mass is 79.9. The number of ether oxygens (including phenoxy) is 2. The van der Waals surface area contributed by atoms with Gasteiger partial charge in [-0.1, -0.05) is 13.0 Å². The van der Waals surface area contributed by atoms with Gasteiger partial charge in [0.2, 0.25) is 0 Å². The molecule has 142 valence electrons. The Balaban J connectivity index is 3.06. The third-order valence-corrected chi connectivity index (χ3v) is 4.36. The van der Waals surface area contributed by atoms with Crippen LogP contribution in [0, 0.1) is 5.92 Å². The second-order valence-electron chi connectivity index (χ2n) is 5.85. The SMILES string of the molecule is COCOc1cc(C(F)(CC(C)C[C@H](N)C(=O)O)C(F)F)ccc1Br. The normalized spacial score (nSPS) is 16.3. The van der Waals surface area contributed by atoms with E-state index in [0.717, 1.165) is 0 Å². The molecule has 3 atom stereocenters. The summed E-state index contributed by atoms with van der Waals surface area (Å²) >= 11 is 3.19. The highest BCUT2D eigenvalue weighted by Crippen LogP contribution is 2.42. The number of alkyl halides is 3. The molecule has 9 heteroatoms. The zero-order chi connectivity index (χ0) is 19.2. The third kappa shape index (κ3) is 5.86. The van der Waals surface area contributed by atoms with Crippen LogP contribution in [-0.2, 0) is 15.2 Å². The topological polar surface area (TPSA) is 81.8 Å². The highest BCUT2D eigenvalue weighted by Gasteiger charge is 2.44. The molecule has 0 radical (unpaired) electrons. The molecule has 2 unspecified atom stereocenters. The summed E-state index contributed by atoms with van der Waals surface area (Å²) in [6.07, 6.45) is -3.98. The van der Waals surface area contributed by atoms with Crippen LogP contribution in [0.4, 0.5) is 13.2 Å². The fraction of sp³-hybridized carbons (Fsp3) is 0.562. The van der Waals surface area contributed by atoms with Gasteiger partial charge in [0, 0.05) is 7.11 Å². The first-order valence-electron chi connectivity index (χ1n) is 7.49. The number of benzene rings is 1. The molecule has 0 amide bonds. The Labute approximate surface area is 152 Å². The van der Waals surface area contributed by atoms with Crippen molar-refractivity contribution in [2.75, 3.05) is 13.9 Å². The van der Waals surface area contributed by atoms with Crippen molar-refractivity contribution in [3.8, 4) is 5.75 Å². The smallest absolute Gasteiger partial charge is 0.320 e. The van der Waals surface area contributed by atoms with Crippen molar-refractivity contribution in [3.05, 3.63) is 28.2 Å². The molecule has 0 spiro atoms. The summed E-state index contributed by atoms with van der Waals surface area (Å²) in [5.41, 5.74) is 2.19. The largest absolute Gasteiger partial charge is 0.480 e. The molecule has 25 heavy (non-hydrogen) atoms. The molecular formula is C16H21BrF3NO4. The van der Waals surface area contributed by atoms with E-state index in [9.17, 15) is 13.6 Å². The minimum Gasteiger partial charge on any atom is -0.480 e. The second kappa shape index (κ2) is 9.40. The molecule has 1 rings (SSSR count). The van der Waals surface area contributed by atoms with Gasteiger partial charge in [0.15, 0.2) is 12.5 Å². The fourth-order valence-electron chi connectivity index (χ4n) is 2.45. The first-order valence-corrected chi connectivity index (χ1v) is 8.28. The summed E-state index contributed by atoms with van der Waals surface area (Å²) in [5.74, 6) is -1.76. The number of halogens is 4. The van der Waals surface area contributed by atoms with Crippen LogP contribution in [0.2, 0.25) is 0 Å². The van der Waals surface area contributed by atoms with Gasteiger partial charge in [-0.05, 0) is 52.4 Å². The molecule has 1 aromatic carbocycles. The van der Waals surface area contributed by atoms with Gasteiger partial charge in [-0.15, -0.1) is 0 Å². The third-order valence-electron chi connectivity index (χ3n) is 3.71. The Morgan fingerprint density at radius 3 is 2.60 bits per heavy atom. The van der Waals surface area contributed by atoms with Gasteiger partial charge < -0.3 is 20.3 Å². The monoisotopic (exact) mass is 427 g/mol. The Hall–Kier alpha value is -1.32. The van der Waals surface area contributed by atoms with Crippen molar-refractivity contribution in [2.45, 2.75) is 37.9 Å². The lowest BCUT2D eigenvalue weighted by Crippen LogP contribution is -2.36. The van der Waals surface area contributed by atoms with Crippen LogP contribution in [0.25, 0.3) is 0 Å². The molecule has 0 aliphatic carbocycles. The van der Waals surface area contributed by atoms with Crippen molar-refractivity contribution < 1.29 is 32.5 Å². The lowest BCUT2D eigenvalue weighted by molar-refractivity contribution is -0.139. The fourth-order valence-corrected chi connectivity index (χ4v) is 2.81. The maximum absolute atomic E-state index is 15.1. The molecule has 0 aliphatic heterocycles. The molecule has 0 saturated heterocycles. The van der Waals surface area contributed by atoms with Crippen LogP contribution >= 0.6 is 15.9 Å². The minimum atomic E-state index is -3.30. The van der Waals surface area contributed by atoms with Crippen molar-refractivity contribution in [1.82, 2.24) is 0 Å².